The van der Waals surface area contributed by atoms with Crippen LogP contribution >= 0.6 is 0 Å². The van der Waals surface area contributed by atoms with Crippen LogP contribution in [0.25, 0.3) is 0 Å². The minimum absolute atomic E-state index is 0.309. The lowest BCUT2D eigenvalue weighted by Gasteiger charge is -2.25. The Kier molecular flexibility index (Phi) is 3.91. The number of hydrogen-bond acceptors (Lipinski definition) is 3. The van der Waals surface area contributed by atoms with Crippen molar-refractivity contribution in [3.05, 3.63) is 0 Å². The third-order valence-electron chi connectivity index (χ3n) is 2.30. The summed E-state index contributed by atoms with van der Waals surface area (Å²) in [7, 11) is 0. The second-order valence-electron chi connectivity index (χ2n) is 4.70. The summed E-state index contributed by atoms with van der Waals surface area (Å²) in [6.07, 6.45) is 2.59. The van der Waals surface area contributed by atoms with Gasteiger partial charge < -0.3 is 4.74 Å². The number of rotatable bonds is 6. The zero-order valence-corrected chi connectivity index (χ0v) is 9.34. The van der Waals surface area contributed by atoms with Gasteiger partial charge in [0.05, 0.1) is 12.7 Å². The van der Waals surface area contributed by atoms with Gasteiger partial charge in [-0.1, -0.05) is 0 Å². The van der Waals surface area contributed by atoms with Gasteiger partial charge in [-0.05, 0) is 39.5 Å². The van der Waals surface area contributed by atoms with E-state index in [2.05, 4.69) is 11.4 Å². The molecule has 1 fully saturated rings. The van der Waals surface area contributed by atoms with E-state index in [0.29, 0.717) is 12.6 Å². The molecule has 1 aliphatic carbocycles. The summed E-state index contributed by atoms with van der Waals surface area (Å²) in [5, 5.41) is 12.2. The molecule has 0 radical (unpaired) electrons. The van der Waals surface area contributed by atoms with E-state index in [1.165, 1.54) is 12.8 Å². The van der Waals surface area contributed by atoms with Gasteiger partial charge in [-0.2, -0.15) is 5.26 Å². The van der Waals surface area contributed by atoms with Crippen LogP contribution < -0.4 is 5.32 Å². The molecule has 1 N–H and O–H groups in total. The van der Waals surface area contributed by atoms with Crippen LogP contribution in [0.2, 0.25) is 0 Å². The Morgan fingerprint density at radius 2 is 2.21 bits per heavy atom. The molecule has 0 aliphatic heterocycles. The first-order valence-corrected chi connectivity index (χ1v) is 5.32. The lowest BCUT2D eigenvalue weighted by Crippen LogP contribution is -2.48. The Hall–Kier alpha value is -0.590. The molecule has 0 spiro atoms. The van der Waals surface area contributed by atoms with Crippen molar-refractivity contribution >= 4 is 0 Å². The van der Waals surface area contributed by atoms with Gasteiger partial charge in [-0.25, -0.2) is 0 Å². The van der Waals surface area contributed by atoms with Crippen LogP contribution in [0.5, 0.6) is 0 Å². The predicted molar refractivity (Wildman–Crippen MR) is 55.8 cm³/mol. The summed E-state index contributed by atoms with van der Waals surface area (Å²) >= 11 is 0. The molecule has 0 aromatic rings. The molecule has 1 rings (SSSR count). The van der Waals surface area contributed by atoms with E-state index in [-0.39, 0.29) is 0 Å². The molecule has 0 heterocycles. The predicted octanol–water partition coefficient (Wildman–Crippen LogP) is 1.69. The van der Waals surface area contributed by atoms with E-state index < -0.39 is 5.54 Å². The second kappa shape index (κ2) is 4.77. The van der Waals surface area contributed by atoms with Gasteiger partial charge in [-0.15, -0.1) is 0 Å². The Morgan fingerprint density at radius 3 is 2.64 bits per heavy atom. The quantitative estimate of drug-likeness (QED) is 0.703. The molecule has 14 heavy (non-hydrogen) atoms. The first-order chi connectivity index (χ1) is 6.56. The van der Waals surface area contributed by atoms with Crippen LogP contribution in [0.15, 0.2) is 0 Å². The van der Waals surface area contributed by atoms with Crippen LogP contribution in [0, 0.1) is 17.2 Å². The highest BCUT2D eigenvalue weighted by Gasteiger charge is 2.27. The van der Waals surface area contributed by atoms with Gasteiger partial charge in [0.1, 0.15) is 5.54 Å². The van der Waals surface area contributed by atoms with E-state index in [1.54, 1.807) is 0 Å². The largest absolute Gasteiger partial charge is 0.378 e. The van der Waals surface area contributed by atoms with E-state index in [0.717, 1.165) is 12.5 Å². The third-order valence-corrected chi connectivity index (χ3v) is 2.30. The van der Waals surface area contributed by atoms with Crippen LogP contribution in [-0.4, -0.2) is 24.8 Å². The van der Waals surface area contributed by atoms with Crippen molar-refractivity contribution in [1.82, 2.24) is 5.32 Å². The van der Waals surface area contributed by atoms with E-state index >= 15 is 0 Å². The standard InChI is InChI=1S/C11H20N2O/c1-9(2)13-11(3,7-12)8-14-6-10-4-5-10/h9-10,13H,4-6,8H2,1-3H3. The summed E-state index contributed by atoms with van der Waals surface area (Å²) in [5.74, 6) is 0.761. The highest BCUT2D eigenvalue weighted by atomic mass is 16.5. The first-order valence-electron chi connectivity index (χ1n) is 5.32. The van der Waals surface area contributed by atoms with Crippen LogP contribution in [-0.2, 0) is 4.74 Å². The van der Waals surface area contributed by atoms with Gasteiger partial charge >= 0.3 is 0 Å². The molecule has 1 saturated carbocycles. The zero-order chi connectivity index (χ0) is 10.6. The maximum absolute atomic E-state index is 9.02. The maximum atomic E-state index is 9.02. The van der Waals surface area contributed by atoms with Gasteiger partial charge in [0.25, 0.3) is 0 Å². The molecule has 0 aromatic heterocycles. The van der Waals surface area contributed by atoms with Gasteiger partial charge in [0.15, 0.2) is 0 Å². The van der Waals surface area contributed by atoms with Crippen molar-refractivity contribution in [2.24, 2.45) is 5.92 Å². The number of nitrogens with zero attached hydrogens (tertiary/aromatic N) is 1. The summed E-state index contributed by atoms with van der Waals surface area (Å²) in [5.41, 5.74) is -0.539. The number of ether oxygens (including phenoxy) is 1. The topological polar surface area (TPSA) is 45.0 Å². The van der Waals surface area contributed by atoms with Crippen molar-refractivity contribution in [3.8, 4) is 6.07 Å². The van der Waals surface area contributed by atoms with Gasteiger partial charge in [0.2, 0.25) is 0 Å². The first kappa shape index (κ1) is 11.5. The third kappa shape index (κ3) is 4.08. The second-order valence-corrected chi connectivity index (χ2v) is 4.70. The molecule has 80 valence electrons. The fraction of sp³-hybridized carbons (Fsp3) is 0.909. The Morgan fingerprint density at radius 1 is 1.57 bits per heavy atom. The average molecular weight is 196 g/mol. The zero-order valence-electron chi connectivity index (χ0n) is 9.34. The summed E-state index contributed by atoms with van der Waals surface area (Å²) < 4.78 is 5.53. The molecule has 3 heteroatoms. The molecular formula is C11H20N2O. The number of nitriles is 1. The lowest BCUT2D eigenvalue weighted by atomic mass is 10.1. The molecule has 0 amide bonds. The van der Waals surface area contributed by atoms with E-state index in [9.17, 15) is 0 Å². The summed E-state index contributed by atoms with van der Waals surface area (Å²) in [4.78, 5) is 0. The number of nitrogens with one attached hydrogen (secondary N) is 1. The van der Waals surface area contributed by atoms with Crippen molar-refractivity contribution in [2.45, 2.75) is 45.2 Å². The Balaban J connectivity index is 2.24. The van der Waals surface area contributed by atoms with Gasteiger partial charge in [-0.3, -0.25) is 5.32 Å². The molecule has 0 aromatic carbocycles. The van der Waals surface area contributed by atoms with E-state index in [1.807, 2.05) is 20.8 Å². The lowest BCUT2D eigenvalue weighted by molar-refractivity contribution is 0.0847. The monoisotopic (exact) mass is 196 g/mol. The van der Waals surface area contributed by atoms with Crippen LogP contribution in [0.1, 0.15) is 33.6 Å². The SMILES string of the molecule is CC(C)NC(C)(C#N)COCC1CC1. The van der Waals surface area contributed by atoms with Crippen LogP contribution in [0.3, 0.4) is 0 Å². The average Bonchev–Trinajstić information content (AvgIpc) is 2.87. The number of hydrogen-bond donors (Lipinski definition) is 1. The van der Waals surface area contributed by atoms with Crippen molar-refractivity contribution in [3.63, 3.8) is 0 Å². The molecule has 3 nitrogen and oxygen atoms in total. The fourth-order valence-electron chi connectivity index (χ4n) is 1.46. The summed E-state index contributed by atoms with van der Waals surface area (Å²) in [6.45, 7) is 7.27. The minimum Gasteiger partial charge on any atom is -0.378 e. The maximum Gasteiger partial charge on any atom is 0.127 e. The minimum atomic E-state index is -0.539. The Labute approximate surface area is 86.4 Å². The van der Waals surface area contributed by atoms with Crippen molar-refractivity contribution < 1.29 is 4.74 Å². The highest BCUT2D eigenvalue weighted by molar-refractivity contribution is 5.04. The van der Waals surface area contributed by atoms with Crippen molar-refractivity contribution in [1.29, 1.82) is 5.26 Å². The molecule has 1 unspecified atom stereocenters. The normalized spacial score (nSPS) is 20.5. The molecule has 0 saturated heterocycles. The highest BCUT2D eigenvalue weighted by Crippen LogP contribution is 2.29. The fourth-order valence-corrected chi connectivity index (χ4v) is 1.46. The Bertz CT molecular complexity index is 218. The smallest absolute Gasteiger partial charge is 0.127 e. The van der Waals surface area contributed by atoms with Crippen molar-refractivity contribution in [2.75, 3.05) is 13.2 Å². The van der Waals surface area contributed by atoms with Gasteiger partial charge in [0, 0.05) is 12.6 Å². The van der Waals surface area contributed by atoms with Crippen LogP contribution in [0.4, 0.5) is 0 Å². The molecule has 1 atom stereocenters. The summed E-state index contributed by atoms with van der Waals surface area (Å²) in [6, 6.07) is 2.58. The molecular weight excluding hydrogens is 176 g/mol. The van der Waals surface area contributed by atoms with E-state index in [4.69, 9.17) is 10.00 Å². The molecule has 1 aliphatic rings. The molecule has 0 bridgehead atoms.